The number of aryl methyl sites for hydroxylation is 3. The van der Waals surface area contributed by atoms with Gasteiger partial charge in [0.15, 0.2) is 5.96 Å². The smallest absolute Gasteiger partial charge is 0.193 e. The van der Waals surface area contributed by atoms with E-state index in [1.54, 1.807) is 0 Å². The number of aliphatic imine (C=N–C) groups is 1. The van der Waals surface area contributed by atoms with E-state index in [2.05, 4.69) is 58.6 Å². The number of guanidine groups is 1. The van der Waals surface area contributed by atoms with Crippen LogP contribution in [0.5, 0.6) is 0 Å². The molecule has 0 bridgehead atoms. The molecule has 0 amide bonds. The van der Waals surface area contributed by atoms with Crippen LogP contribution in [-0.4, -0.2) is 47.3 Å². The molecule has 0 spiro atoms. The molecule has 1 saturated heterocycles. The van der Waals surface area contributed by atoms with Crippen molar-refractivity contribution >= 4 is 5.96 Å². The first kappa shape index (κ1) is 17.5. The zero-order chi connectivity index (χ0) is 17.8. The van der Waals surface area contributed by atoms with Gasteiger partial charge in [0.25, 0.3) is 0 Å². The number of nitrogens with zero attached hydrogens (tertiary/aromatic N) is 4. The monoisotopic (exact) mass is 339 g/mol. The lowest BCUT2D eigenvalue weighted by atomic mass is 10.0. The zero-order valence-corrected chi connectivity index (χ0v) is 15.8. The fourth-order valence-electron chi connectivity index (χ4n) is 3.74. The molecule has 1 aromatic heterocycles. The fourth-order valence-corrected chi connectivity index (χ4v) is 3.74. The minimum absolute atomic E-state index is 0.548. The number of benzene rings is 1. The van der Waals surface area contributed by atoms with Crippen molar-refractivity contribution in [3.05, 3.63) is 52.8 Å². The van der Waals surface area contributed by atoms with Gasteiger partial charge in [0.05, 0.1) is 6.20 Å². The lowest BCUT2D eigenvalue weighted by Gasteiger charge is -2.21. The minimum Gasteiger partial charge on any atom is -0.356 e. The van der Waals surface area contributed by atoms with E-state index in [1.807, 2.05) is 25.0 Å². The van der Waals surface area contributed by atoms with Gasteiger partial charge in [-0.15, -0.1) is 0 Å². The molecule has 0 radical (unpaired) electrons. The van der Waals surface area contributed by atoms with Gasteiger partial charge in [-0.05, 0) is 37.8 Å². The largest absolute Gasteiger partial charge is 0.356 e. The second-order valence-electron chi connectivity index (χ2n) is 7.10. The highest BCUT2D eigenvalue weighted by atomic mass is 15.3. The molecule has 1 aromatic carbocycles. The first-order valence-electron chi connectivity index (χ1n) is 9.06. The van der Waals surface area contributed by atoms with E-state index in [4.69, 9.17) is 0 Å². The Morgan fingerprint density at radius 1 is 1.28 bits per heavy atom. The second kappa shape index (κ2) is 7.72. The molecule has 25 heavy (non-hydrogen) atoms. The van der Waals surface area contributed by atoms with Crippen LogP contribution in [0.2, 0.25) is 0 Å². The van der Waals surface area contributed by atoms with Gasteiger partial charge in [0, 0.05) is 45.8 Å². The van der Waals surface area contributed by atoms with Crippen LogP contribution >= 0.6 is 0 Å². The van der Waals surface area contributed by atoms with Crippen molar-refractivity contribution in [2.75, 3.05) is 26.7 Å². The van der Waals surface area contributed by atoms with E-state index in [1.165, 1.54) is 22.3 Å². The van der Waals surface area contributed by atoms with Gasteiger partial charge in [-0.1, -0.05) is 29.3 Å². The Labute approximate surface area is 150 Å². The topological polar surface area (TPSA) is 45.5 Å². The first-order valence-corrected chi connectivity index (χ1v) is 9.06. The number of nitrogens with one attached hydrogen (secondary N) is 1. The number of rotatable bonds is 4. The molecule has 0 aliphatic carbocycles. The molecule has 5 heteroatoms. The molecule has 1 N–H and O–H groups in total. The van der Waals surface area contributed by atoms with Gasteiger partial charge in [0.2, 0.25) is 0 Å². The van der Waals surface area contributed by atoms with E-state index in [0.717, 1.165) is 38.4 Å². The van der Waals surface area contributed by atoms with Crippen molar-refractivity contribution in [1.29, 1.82) is 0 Å². The quantitative estimate of drug-likeness (QED) is 0.688. The molecule has 3 rings (SSSR count). The Morgan fingerprint density at radius 3 is 2.68 bits per heavy atom. The average molecular weight is 339 g/mol. The van der Waals surface area contributed by atoms with Crippen LogP contribution < -0.4 is 5.32 Å². The lowest BCUT2D eigenvalue weighted by Crippen LogP contribution is -2.40. The molecule has 1 aliphatic heterocycles. The normalized spacial score (nSPS) is 18.0. The highest BCUT2D eigenvalue weighted by Crippen LogP contribution is 2.26. The lowest BCUT2D eigenvalue weighted by molar-refractivity contribution is 0.486. The van der Waals surface area contributed by atoms with Crippen LogP contribution in [0.15, 0.2) is 35.6 Å². The Morgan fingerprint density at radius 2 is 2.04 bits per heavy atom. The Bertz CT molecular complexity index is 726. The van der Waals surface area contributed by atoms with Gasteiger partial charge >= 0.3 is 0 Å². The summed E-state index contributed by atoms with van der Waals surface area (Å²) in [7, 11) is 3.85. The van der Waals surface area contributed by atoms with Gasteiger partial charge in [-0.3, -0.25) is 9.67 Å². The van der Waals surface area contributed by atoms with E-state index >= 15 is 0 Å². The number of likely N-dealkylation sites (tertiary alicyclic amines) is 1. The van der Waals surface area contributed by atoms with Crippen LogP contribution in [-0.2, 0) is 13.5 Å². The third kappa shape index (κ3) is 4.41. The predicted molar refractivity (Wildman–Crippen MR) is 103 cm³/mol. The van der Waals surface area contributed by atoms with Gasteiger partial charge in [0.1, 0.15) is 0 Å². The molecule has 1 atom stereocenters. The van der Waals surface area contributed by atoms with E-state index in [0.29, 0.717) is 5.92 Å². The summed E-state index contributed by atoms with van der Waals surface area (Å²) in [4.78, 5) is 6.84. The Balaban J connectivity index is 1.53. The standard InChI is InChI=1S/C20H29N5/c1-15-9-16(2)11-17(10-15)5-7-22-20(21-3)25-8-6-18(14-25)19-12-23-24(4)13-19/h9-13,18H,5-8,14H2,1-4H3,(H,21,22). The summed E-state index contributed by atoms with van der Waals surface area (Å²) < 4.78 is 1.88. The van der Waals surface area contributed by atoms with Gasteiger partial charge in [-0.25, -0.2) is 0 Å². The molecule has 1 aliphatic rings. The molecular formula is C20H29N5. The van der Waals surface area contributed by atoms with Crippen LogP contribution in [0.4, 0.5) is 0 Å². The third-order valence-corrected chi connectivity index (χ3v) is 4.87. The summed E-state index contributed by atoms with van der Waals surface area (Å²) in [6.07, 6.45) is 6.29. The molecule has 2 aromatic rings. The maximum absolute atomic E-state index is 4.48. The number of hydrogen-bond donors (Lipinski definition) is 1. The maximum Gasteiger partial charge on any atom is 0.193 e. The van der Waals surface area contributed by atoms with Crippen molar-refractivity contribution in [1.82, 2.24) is 20.0 Å². The van der Waals surface area contributed by atoms with Crippen molar-refractivity contribution in [2.24, 2.45) is 12.0 Å². The van der Waals surface area contributed by atoms with E-state index < -0.39 is 0 Å². The minimum atomic E-state index is 0.548. The molecule has 1 fully saturated rings. The summed E-state index contributed by atoms with van der Waals surface area (Å²) >= 11 is 0. The van der Waals surface area contributed by atoms with Crippen LogP contribution in [0.25, 0.3) is 0 Å². The van der Waals surface area contributed by atoms with Crippen molar-refractivity contribution in [3.63, 3.8) is 0 Å². The Kier molecular flexibility index (Phi) is 5.41. The SMILES string of the molecule is CN=C(NCCc1cc(C)cc(C)c1)N1CCC(c2cnn(C)c2)C1. The summed E-state index contributed by atoms with van der Waals surface area (Å²) in [6.45, 7) is 7.28. The van der Waals surface area contributed by atoms with Crippen molar-refractivity contribution in [3.8, 4) is 0 Å². The van der Waals surface area contributed by atoms with Crippen LogP contribution in [0.3, 0.4) is 0 Å². The maximum atomic E-state index is 4.48. The molecule has 134 valence electrons. The van der Waals surface area contributed by atoms with Crippen LogP contribution in [0.1, 0.15) is 34.6 Å². The second-order valence-corrected chi connectivity index (χ2v) is 7.10. The zero-order valence-electron chi connectivity index (χ0n) is 15.8. The number of aromatic nitrogens is 2. The third-order valence-electron chi connectivity index (χ3n) is 4.87. The van der Waals surface area contributed by atoms with Crippen molar-refractivity contribution in [2.45, 2.75) is 32.6 Å². The molecule has 0 saturated carbocycles. The summed E-state index contributed by atoms with van der Waals surface area (Å²) in [5.74, 6) is 1.56. The molecular weight excluding hydrogens is 310 g/mol. The van der Waals surface area contributed by atoms with E-state index in [9.17, 15) is 0 Å². The fraction of sp³-hybridized carbons (Fsp3) is 0.500. The van der Waals surface area contributed by atoms with Gasteiger partial charge < -0.3 is 10.2 Å². The first-order chi connectivity index (χ1) is 12.0. The van der Waals surface area contributed by atoms with E-state index in [-0.39, 0.29) is 0 Å². The highest BCUT2D eigenvalue weighted by molar-refractivity contribution is 5.80. The average Bonchev–Trinajstić information content (AvgIpc) is 3.19. The highest BCUT2D eigenvalue weighted by Gasteiger charge is 2.26. The van der Waals surface area contributed by atoms with Crippen molar-refractivity contribution < 1.29 is 0 Å². The summed E-state index contributed by atoms with van der Waals surface area (Å²) in [5.41, 5.74) is 5.38. The predicted octanol–water partition coefficient (Wildman–Crippen LogP) is 2.64. The molecule has 2 heterocycles. The van der Waals surface area contributed by atoms with Gasteiger partial charge in [-0.2, -0.15) is 5.10 Å². The Hall–Kier alpha value is -2.30. The van der Waals surface area contributed by atoms with Crippen LogP contribution in [0, 0.1) is 13.8 Å². The number of hydrogen-bond acceptors (Lipinski definition) is 2. The molecule has 1 unspecified atom stereocenters. The summed E-state index contributed by atoms with van der Waals surface area (Å²) in [5, 5.41) is 7.83. The summed E-state index contributed by atoms with van der Waals surface area (Å²) in [6, 6.07) is 6.76. The molecule has 5 nitrogen and oxygen atoms in total.